The molecule has 15 heteroatoms. The smallest absolute Gasteiger partial charge is 0.415 e. The molecule has 6 unspecified atom stereocenters. The topological polar surface area (TPSA) is 192 Å². The number of oxime groups is 1. The van der Waals surface area contributed by atoms with Gasteiger partial charge in [-0.3, -0.25) is 15.0 Å². The SMILES string of the molecule is C=CCOC12Oc3ccc(OC(=O)NCc4ccccc4)cc3C3C(CCCCO)C(CCCCO)C=C(C(=NOC)CC1N(CCC)C(=O)Oc1ccc([N+](=O)[O-])cc1)C32. The first-order valence-corrected chi connectivity index (χ1v) is 21.0. The number of nitro groups is 1. The van der Waals surface area contributed by atoms with Crippen molar-refractivity contribution in [3.05, 3.63) is 118 Å². The predicted octanol–water partition coefficient (Wildman–Crippen LogP) is 8.06. The maximum absolute atomic E-state index is 14.5. The van der Waals surface area contributed by atoms with E-state index in [1.54, 1.807) is 23.1 Å². The van der Waals surface area contributed by atoms with Crippen molar-refractivity contribution in [2.24, 2.45) is 22.9 Å². The maximum Gasteiger partial charge on any atom is 0.415 e. The second-order valence-corrected chi connectivity index (χ2v) is 15.5. The lowest BCUT2D eigenvalue weighted by atomic mass is 9.55. The van der Waals surface area contributed by atoms with E-state index in [0.717, 1.165) is 42.4 Å². The van der Waals surface area contributed by atoms with Crippen molar-refractivity contribution in [1.29, 1.82) is 0 Å². The summed E-state index contributed by atoms with van der Waals surface area (Å²) in [4.78, 5) is 45.5. The van der Waals surface area contributed by atoms with E-state index in [9.17, 15) is 29.9 Å². The summed E-state index contributed by atoms with van der Waals surface area (Å²) in [6.07, 6.45) is 7.43. The molecule has 326 valence electrons. The van der Waals surface area contributed by atoms with E-state index < -0.39 is 34.9 Å². The normalized spacial score (nSPS) is 23.0. The number of benzene rings is 3. The molecule has 0 radical (unpaired) electrons. The zero-order valence-electron chi connectivity index (χ0n) is 34.8. The van der Waals surface area contributed by atoms with Crippen LogP contribution in [0.2, 0.25) is 0 Å². The molecule has 6 rings (SSSR count). The summed E-state index contributed by atoms with van der Waals surface area (Å²) in [5, 5.41) is 38.5. The highest BCUT2D eigenvalue weighted by molar-refractivity contribution is 6.03. The number of carbonyl (C=O) groups is 2. The maximum atomic E-state index is 14.5. The van der Waals surface area contributed by atoms with E-state index in [1.807, 2.05) is 43.3 Å². The van der Waals surface area contributed by atoms with Gasteiger partial charge in [0, 0.05) is 56.3 Å². The van der Waals surface area contributed by atoms with Crippen molar-refractivity contribution in [2.75, 3.05) is 33.5 Å². The minimum atomic E-state index is -1.53. The average molecular weight is 841 g/mol. The molecule has 2 aliphatic carbocycles. The number of amides is 2. The number of non-ortho nitro benzene ring substituents is 1. The molecule has 15 nitrogen and oxygen atoms in total. The Morgan fingerprint density at radius 2 is 1.74 bits per heavy atom. The van der Waals surface area contributed by atoms with Crippen molar-refractivity contribution in [1.82, 2.24) is 10.2 Å². The van der Waals surface area contributed by atoms with Gasteiger partial charge in [-0.2, -0.15) is 0 Å². The Balaban J connectivity index is 1.49. The lowest BCUT2D eigenvalue weighted by Crippen LogP contribution is -2.70. The summed E-state index contributed by atoms with van der Waals surface area (Å²) in [5.74, 6) is -1.59. The number of allylic oxidation sites excluding steroid dienone is 1. The zero-order chi connectivity index (χ0) is 43.4. The van der Waals surface area contributed by atoms with Gasteiger partial charge < -0.3 is 39.3 Å². The van der Waals surface area contributed by atoms with Crippen LogP contribution in [0.25, 0.3) is 0 Å². The highest BCUT2D eigenvalue weighted by atomic mass is 16.7. The molecule has 3 aliphatic rings. The highest BCUT2D eigenvalue weighted by Crippen LogP contribution is 2.62. The Morgan fingerprint density at radius 3 is 2.41 bits per heavy atom. The standard InChI is InChI=1S/C46H56N4O11/c1-4-23-49(45(54)60-34-19-17-33(18-20-34)50(55)56)41-29-39(48-57-3)37-27-32(15-9-11-24-51)36(16-10-12-25-52)42-38-28-35(59-44(53)47-30-31-13-7-6-8-14-31)21-22-40(38)61-46(41,43(37)42)58-26-5-2/h5-8,13-14,17-22,27-28,32,36,41-43,51-52H,2,4,9-12,15-16,23-26,29-30H2,1,3H3,(H,47,53). The predicted molar refractivity (Wildman–Crippen MR) is 227 cm³/mol. The third kappa shape index (κ3) is 10.2. The summed E-state index contributed by atoms with van der Waals surface area (Å²) in [7, 11) is 1.47. The molecule has 1 heterocycles. The van der Waals surface area contributed by atoms with Crippen LogP contribution in [-0.2, 0) is 16.1 Å². The van der Waals surface area contributed by atoms with Crippen LogP contribution >= 0.6 is 0 Å². The van der Waals surface area contributed by atoms with Crippen LogP contribution in [0.1, 0.15) is 75.3 Å². The van der Waals surface area contributed by atoms with Gasteiger partial charge in [0.1, 0.15) is 30.4 Å². The number of fused-ring (bicyclic) bond motifs is 2. The van der Waals surface area contributed by atoms with Crippen LogP contribution in [0.5, 0.6) is 17.2 Å². The molecule has 61 heavy (non-hydrogen) atoms. The molecule has 0 aromatic heterocycles. The number of aliphatic hydroxyl groups is 2. The third-order valence-corrected chi connectivity index (χ3v) is 11.7. The van der Waals surface area contributed by atoms with Gasteiger partial charge in [0.25, 0.3) is 5.69 Å². The van der Waals surface area contributed by atoms with Gasteiger partial charge in [-0.25, -0.2) is 9.59 Å². The Hall–Kier alpha value is -5.77. The van der Waals surface area contributed by atoms with Crippen molar-refractivity contribution in [3.8, 4) is 17.2 Å². The molecule has 1 saturated carbocycles. The molecule has 0 bridgehead atoms. The van der Waals surface area contributed by atoms with Gasteiger partial charge in [0.2, 0.25) is 5.79 Å². The van der Waals surface area contributed by atoms with Crippen LogP contribution in [0.3, 0.4) is 0 Å². The summed E-state index contributed by atoms with van der Waals surface area (Å²) < 4.78 is 25.9. The van der Waals surface area contributed by atoms with Gasteiger partial charge >= 0.3 is 12.2 Å². The van der Waals surface area contributed by atoms with Crippen LogP contribution < -0.4 is 19.5 Å². The van der Waals surface area contributed by atoms with E-state index >= 15 is 0 Å². The molecular formula is C46H56N4O11. The molecule has 3 aromatic rings. The monoisotopic (exact) mass is 840 g/mol. The fourth-order valence-corrected chi connectivity index (χ4v) is 9.15. The number of nitrogens with zero attached hydrogens (tertiary/aromatic N) is 3. The minimum Gasteiger partial charge on any atom is -0.459 e. The number of ether oxygens (including phenoxy) is 4. The number of rotatable bonds is 20. The summed E-state index contributed by atoms with van der Waals surface area (Å²) in [6, 6.07) is 19.3. The Labute approximate surface area is 356 Å². The van der Waals surface area contributed by atoms with Crippen LogP contribution in [0.4, 0.5) is 15.3 Å². The van der Waals surface area contributed by atoms with Gasteiger partial charge in [0.15, 0.2) is 0 Å². The fourth-order valence-electron chi connectivity index (χ4n) is 9.15. The number of unbranched alkanes of at least 4 members (excludes halogenated alkanes) is 2. The number of carbonyl (C=O) groups excluding carboxylic acids is 2. The quantitative estimate of drug-likeness (QED) is 0.0432. The molecule has 3 aromatic carbocycles. The van der Waals surface area contributed by atoms with E-state index in [4.69, 9.17) is 23.8 Å². The Morgan fingerprint density at radius 1 is 1.02 bits per heavy atom. The molecular weight excluding hydrogens is 785 g/mol. The van der Waals surface area contributed by atoms with Crippen molar-refractivity contribution in [2.45, 2.75) is 82.6 Å². The van der Waals surface area contributed by atoms with Gasteiger partial charge in [-0.05, 0) is 85.4 Å². The van der Waals surface area contributed by atoms with Crippen LogP contribution in [0.15, 0.2) is 102 Å². The summed E-state index contributed by atoms with van der Waals surface area (Å²) >= 11 is 0. The van der Waals surface area contributed by atoms with Crippen LogP contribution in [0, 0.1) is 27.9 Å². The Kier molecular flexibility index (Phi) is 15.5. The van der Waals surface area contributed by atoms with E-state index in [2.05, 4.69) is 23.1 Å². The average Bonchev–Trinajstić information content (AvgIpc) is 3.26. The van der Waals surface area contributed by atoms with Crippen molar-refractivity contribution in [3.63, 3.8) is 0 Å². The minimum absolute atomic E-state index is 0.000691. The molecule has 3 N–H and O–H groups in total. The lowest BCUT2D eigenvalue weighted by molar-refractivity contribution is -0.384. The van der Waals surface area contributed by atoms with Crippen molar-refractivity contribution < 1.29 is 48.5 Å². The number of aliphatic hydroxyl groups excluding tert-OH is 2. The molecule has 6 atom stereocenters. The first kappa shape index (κ1) is 44.8. The lowest BCUT2D eigenvalue weighted by Gasteiger charge is -2.59. The van der Waals surface area contributed by atoms with E-state index in [1.165, 1.54) is 31.4 Å². The molecule has 0 spiro atoms. The first-order valence-electron chi connectivity index (χ1n) is 21.0. The number of hydrogen-bond donors (Lipinski definition) is 3. The van der Waals surface area contributed by atoms with Gasteiger partial charge in [-0.15, -0.1) is 6.58 Å². The van der Waals surface area contributed by atoms with Gasteiger partial charge in [-0.1, -0.05) is 67.4 Å². The van der Waals surface area contributed by atoms with E-state index in [0.29, 0.717) is 36.5 Å². The second kappa shape index (κ2) is 21.2. The van der Waals surface area contributed by atoms with Crippen LogP contribution in [-0.4, -0.2) is 83.2 Å². The van der Waals surface area contributed by atoms with Gasteiger partial charge in [0.05, 0.1) is 23.2 Å². The fraction of sp³-hybridized carbons (Fsp3) is 0.457. The molecule has 1 aliphatic heterocycles. The summed E-state index contributed by atoms with van der Waals surface area (Å²) in [6.45, 7) is 6.57. The first-order chi connectivity index (χ1) is 29.7. The Bertz CT molecular complexity index is 2040. The summed E-state index contributed by atoms with van der Waals surface area (Å²) in [5.41, 5.74) is 3.01. The number of nitrogens with one attached hydrogen (secondary N) is 1. The highest BCUT2D eigenvalue weighted by Gasteiger charge is 2.65. The zero-order valence-corrected chi connectivity index (χ0v) is 34.8. The number of nitro benzene ring substituents is 1. The third-order valence-electron chi connectivity index (χ3n) is 11.7. The number of hydrogen-bond acceptors (Lipinski definition) is 12. The molecule has 2 amide bonds. The van der Waals surface area contributed by atoms with E-state index in [-0.39, 0.29) is 68.5 Å². The second-order valence-electron chi connectivity index (χ2n) is 15.5. The largest absolute Gasteiger partial charge is 0.459 e. The molecule has 0 saturated heterocycles. The molecule has 1 fully saturated rings. The van der Waals surface area contributed by atoms with Crippen molar-refractivity contribution >= 4 is 23.6 Å².